The summed E-state index contributed by atoms with van der Waals surface area (Å²) in [7, 11) is -3.52. The van der Waals surface area contributed by atoms with Gasteiger partial charge in [-0.15, -0.1) is 0 Å². The van der Waals surface area contributed by atoms with Crippen molar-refractivity contribution < 1.29 is 17.7 Å². The molecule has 2 aromatic rings. The third-order valence-electron chi connectivity index (χ3n) is 6.07. The van der Waals surface area contributed by atoms with Crippen molar-refractivity contribution in [1.82, 2.24) is 14.4 Å². The van der Waals surface area contributed by atoms with E-state index in [1.165, 1.54) is 9.87 Å². The fraction of sp³-hybridized carbons (Fsp3) is 0.524. The minimum absolute atomic E-state index is 0.0413. The number of nitrogens with zero attached hydrogens (tertiary/aromatic N) is 3. The molecule has 1 fully saturated rings. The second-order valence-corrected chi connectivity index (χ2v) is 9.81. The molecular formula is C21H27N3O4S. The molecule has 29 heavy (non-hydrogen) atoms. The third-order valence-corrected chi connectivity index (χ3v) is 7.96. The number of aryl methyl sites for hydroxylation is 4. The van der Waals surface area contributed by atoms with Crippen molar-refractivity contribution in [3.05, 3.63) is 46.3 Å². The molecule has 0 spiro atoms. The quantitative estimate of drug-likeness (QED) is 0.745. The molecule has 1 aliphatic heterocycles. The Labute approximate surface area is 171 Å². The first-order valence-corrected chi connectivity index (χ1v) is 11.6. The highest BCUT2D eigenvalue weighted by Crippen LogP contribution is 2.27. The van der Waals surface area contributed by atoms with Crippen LogP contribution in [-0.2, 0) is 34.1 Å². The highest BCUT2D eigenvalue weighted by molar-refractivity contribution is 7.89. The molecule has 1 aromatic carbocycles. The van der Waals surface area contributed by atoms with Crippen molar-refractivity contribution in [3.63, 3.8) is 0 Å². The lowest BCUT2D eigenvalue weighted by Gasteiger charge is -2.34. The lowest BCUT2D eigenvalue weighted by Crippen LogP contribution is -2.50. The van der Waals surface area contributed by atoms with Gasteiger partial charge >= 0.3 is 0 Å². The largest absolute Gasteiger partial charge is 0.361 e. The number of carbonyl (C=O) groups excluding carboxylic acids is 1. The van der Waals surface area contributed by atoms with Crippen molar-refractivity contribution in [3.8, 4) is 0 Å². The number of fused-ring (bicyclic) bond motifs is 1. The van der Waals surface area contributed by atoms with Gasteiger partial charge in [-0.05, 0) is 62.8 Å². The van der Waals surface area contributed by atoms with Crippen LogP contribution in [0, 0.1) is 13.8 Å². The maximum Gasteiger partial charge on any atom is 0.243 e. The summed E-state index contributed by atoms with van der Waals surface area (Å²) in [5, 5.41) is 3.92. The standard InChI is InChI=1S/C21H27N3O4S/c1-15-20(16(2)28-22-15)8-9-21(25)23-10-12-24(13-11-23)29(26,27)19-7-6-17-4-3-5-18(17)14-19/h6-7,14H,3-5,8-13H2,1-2H3. The monoisotopic (exact) mass is 417 g/mol. The number of hydrogen-bond donors (Lipinski definition) is 0. The molecule has 0 unspecified atom stereocenters. The van der Waals surface area contributed by atoms with Crippen LogP contribution >= 0.6 is 0 Å². The van der Waals surface area contributed by atoms with E-state index in [0.29, 0.717) is 43.9 Å². The van der Waals surface area contributed by atoms with Crippen molar-refractivity contribution in [2.75, 3.05) is 26.2 Å². The number of sulfonamides is 1. The first-order valence-electron chi connectivity index (χ1n) is 10.2. The van der Waals surface area contributed by atoms with Gasteiger partial charge in [-0.25, -0.2) is 8.42 Å². The fourth-order valence-corrected chi connectivity index (χ4v) is 5.76. The van der Waals surface area contributed by atoms with E-state index in [-0.39, 0.29) is 5.91 Å². The maximum absolute atomic E-state index is 13.0. The molecular weight excluding hydrogens is 390 g/mol. The molecule has 2 heterocycles. The average molecular weight is 418 g/mol. The number of hydrogen-bond acceptors (Lipinski definition) is 5. The molecule has 0 N–H and O–H groups in total. The third kappa shape index (κ3) is 3.96. The van der Waals surface area contributed by atoms with E-state index in [9.17, 15) is 13.2 Å². The highest BCUT2D eigenvalue weighted by atomic mass is 32.2. The first kappa shape index (κ1) is 20.1. The van der Waals surface area contributed by atoms with Gasteiger partial charge in [-0.2, -0.15) is 4.31 Å². The van der Waals surface area contributed by atoms with Gasteiger partial charge in [0.05, 0.1) is 10.6 Å². The van der Waals surface area contributed by atoms with Crippen LogP contribution < -0.4 is 0 Å². The van der Waals surface area contributed by atoms with Crippen molar-refractivity contribution in [2.24, 2.45) is 0 Å². The van der Waals surface area contributed by atoms with Crippen molar-refractivity contribution in [1.29, 1.82) is 0 Å². The minimum Gasteiger partial charge on any atom is -0.361 e. The Hall–Kier alpha value is -2.19. The number of rotatable bonds is 5. The average Bonchev–Trinajstić information content (AvgIpc) is 3.32. The second kappa shape index (κ2) is 7.91. The number of amides is 1. The van der Waals surface area contributed by atoms with Crippen LogP contribution in [0.1, 0.15) is 41.0 Å². The first-order chi connectivity index (χ1) is 13.9. The summed E-state index contributed by atoms with van der Waals surface area (Å²) in [6.07, 6.45) is 4.04. The summed E-state index contributed by atoms with van der Waals surface area (Å²) < 4.78 is 32.7. The van der Waals surface area contributed by atoms with Gasteiger partial charge in [0.2, 0.25) is 15.9 Å². The Bertz CT molecular complexity index is 1000. The zero-order valence-corrected chi connectivity index (χ0v) is 17.8. The molecule has 0 saturated carbocycles. The lowest BCUT2D eigenvalue weighted by atomic mass is 10.1. The molecule has 0 atom stereocenters. The van der Waals surface area contributed by atoms with Gasteiger partial charge in [0.1, 0.15) is 5.76 Å². The predicted octanol–water partition coefficient (Wildman–Crippen LogP) is 2.25. The van der Waals surface area contributed by atoms with Crippen LogP contribution in [0.3, 0.4) is 0 Å². The second-order valence-electron chi connectivity index (χ2n) is 7.87. The maximum atomic E-state index is 13.0. The summed E-state index contributed by atoms with van der Waals surface area (Å²) in [5.41, 5.74) is 4.22. The summed E-state index contributed by atoms with van der Waals surface area (Å²) in [5.74, 6) is 0.792. The van der Waals surface area contributed by atoms with Crippen LogP contribution in [0.25, 0.3) is 0 Å². The van der Waals surface area contributed by atoms with Crippen molar-refractivity contribution >= 4 is 15.9 Å². The smallest absolute Gasteiger partial charge is 0.243 e. The molecule has 1 aromatic heterocycles. The minimum atomic E-state index is -3.52. The van der Waals surface area contributed by atoms with Gasteiger partial charge in [0, 0.05) is 38.2 Å². The lowest BCUT2D eigenvalue weighted by molar-refractivity contribution is -0.132. The number of carbonyl (C=O) groups is 1. The summed E-state index contributed by atoms with van der Waals surface area (Å²) in [6.45, 7) is 5.23. The summed E-state index contributed by atoms with van der Waals surface area (Å²) >= 11 is 0. The topological polar surface area (TPSA) is 83.7 Å². The van der Waals surface area contributed by atoms with Gasteiger partial charge in [0.15, 0.2) is 0 Å². The SMILES string of the molecule is Cc1noc(C)c1CCC(=O)N1CCN(S(=O)(=O)c2ccc3c(c2)CCC3)CC1. The van der Waals surface area contributed by atoms with Crippen LogP contribution in [0.2, 0.25) is 0 Å². The van der Waals surface area contributed by atoms with E-state index in [2.05, 4.69) is 5.16 Å². The summed E-state index contributed by atoms with van der Waals surface area (Å²) in [4.78, 5) is 14.7. The molecule has 1 amide bonds. The molecule has 156 valence electrons. The fourth-order valence-electron chi connectivity index (χ4n) is 4.28. The summed E-state index contributed by atoms with van der Waals surface area (Å²) in [6, 6.07) is 5.50. The Morgan fingerprint density at radius 1 is 1.10 bits per heavy atom. The Kier molecular flexibility index (Phi) is 5.48. The van der Waals surface area contributed by atoms with Crippen LogP contribution in [0.4, 0.5) is 0 Å². The Balaban J connectivity index is 1.35. The van der Waals surface area contributed by atoms with E-state index in [0.717, 1.165) is 41.8 Å². The molecule has 1 aliphatic carbocycles. The number of benzene rings is 1. The van der Waals surface area contributed by atoms with E-state index in [1.807, 2.05) is 26.0 Å². The molecule has 7 nitrogen and oxygen atoms in total. The molecule has 0 bridgehead atoms. The van der Waals surface area contributed by atoms with Crippen LogP contribution in [0.15, 0.2) is 27.6 Å². The van der Waals surface area contributed by atoms with E-state index in [1.54, 1.807) is 11.0 Å². The van der Waals surface area contributed by atoms with Gasteiger partial charge in [-0.1, -0.05) is 11.2 Å². The normalized spacial score (nSPS) is 17.5. The molecule has 2 aliphatic rings. The number of piperazine rings is 1. The Morgan fingerprint density at radius 3 is 2.52 bits per heavy atom. The van der Waals surface area contributed by atoms with Crippen molar-refractivity contribution in [2.45, 2.75) is 50.8 Å². The molecule has 1 saturated heterocycles. The Morgan fingerprint density at radius 2 is 1.83 bits per heavy atom. The molecule has 8 heteroatoms. The van der Waals surface area contributed by atoms with E-state index >= 15 is 0 Å². The molecule has 4 rings (SSSR count). The zero-order chi connectivity index (χ0) is 20.6. The van der Waals surface area contributed by atoms with Crippen LogP contribution in [0.5, 0.6) is 0 Å². The van der Waals surface area contributed by atoms with Gasteiger partial charge in [-0.3, -0.25) is 4.79 Å². The van der Waals surface area contributed by atoms with E-state index in [4.69, 9.17) is 4.52 Å². The van der Waals surface area contributed by atoms with Gasteiger partial charge < -0.3 is 9.42 Å². The predicted molar refractivity (Wildman–Crippen MR) is 108 cm³/mol. The highest BCUT2D eigenvalue weighted by Gasteiger charge is 2.30. The van der Waals surface area contributed by atoms with E-state index < -0.39 is 10.0 Å². The number of aromatic nitrogens is 1. The molecule has 0 radical (unpaired) electrons. The van der Waals surface area contributed by atoms with Crippen LogP contribution in [-0.4, -0.2) is 54.9 Å². The van der Waals surface area contributed by atoms with Gasteiger partial charge in [0.25, 0.3) is 0 Å². The zero-order valence-electron chi connectivity index (χ0n) is 17.0.